The van der Waals surface area contributed by atoms with Gasteiger partial charge in [0.05, 0.1) is 0 Å². The van der Waals surface area contributed by atoms with Crippen molar-refractivity contribution in [3.05, 3.63) is 65.5 Å². The smallest absolute Gasteiger partial charge is 0.202 e. The molecule has 22 heavy (non-hydrogen) atoms. The second-order valence-corrected chi connectivity index (χ2v) is 5.56. The number of ketones is 1. The molecule has 0 bridgehead atoms. The van der Waals surface area contributed by atoms with Gasteiger partial charge in [0.1, 0.15) is 5.75 Å². The molecule has 0 spiro atoms. The Morgan fingerprint density at radius 1 is 1.05 bits per heavy atom. The third kappa shape index (κ3) is 2.62. The third-order valence-corrected chi connectivity index (χ3v) is 4.17. The summed E-state index contributed by atoms with van der Waals surface area (Å²) in [6, 6.07) is 15.9. The minimum absolute atomic E-state index is 0.00867. The van der Waals surface area contributed by atoms with E-state index in [1.807, 2.05) is 67.9 Å². The van der Waals surface area contributed by atoms with Crippen molar-refractivity contribution in [2.75, 3.05) is 6.61 Å². The number of carbonyl (C=O) groups is 1. The van der Waals surface area contributed by atoms with E-state index in [1.54, 1.807) is 0 Å². The van der Waals surface area contributed by atoms with Gasteiger partial charge >= 0.3 is 0 Å². The number of carbonyl (C=O) groups excluding carboxylic acids is 1. The predicted octanol–water partition coefficient (Wildman–Crippen LogP) is 4.06. The molecular formula is C19H19NO2. The van der Waals surface area contributed by atoms with Crippen molar-refractivity contribution in [2.24, 2.45) is 7.05 Å². The van der Waals surface area contributed by atoms with E-state index in [2.05, 4.69) is 6.07 Å². The Kier molecular flexibility index (Phi) is 3.72. The van der Waals surface area contributed by atoms with Gasteiger partial charge in [-0.25, -0.2) is 0 Å². The topological polar surface area (TPSA) is 31.2 Å². The van der Waals surface area contributed by atoms with Crippen LogP contribution in [0.1, 0.15) is 21.7 Å². The van der Waals surface area contributed by atoms with Crippen LogP contribution >= 0.6 is 0 Å². The molecule has 0 amide bonds. The van der Waals surface area contributed by atoms with Crippen LogP contribution in [-0.2, 0) is 7.05 Å². The standard InChI is InChI=1S/C19H19NO2/c1-13-10-18(14(2)20(13)3)19(21)12-22-17-9-8-15-6-4-5-7-16(15)11-17/h4-11H,12H2,1-3H3. The fourth-order valence-corrected chi connectivity index (χ4v) is 2.62. The fourth-order valence-electron chi connectivity index (χ4n) is 2.62. The Bertz CT molecular complexity index is 846. The molecule has 1 heterocycles. The summed E-state index contributed by atoms with van der Waals surface area (Å²) in [7, 11) is 1.96. The number of aromatic nitrogens is 1. The van der Waals surface area contributed by atoms with Gasteiger partial charge < -0.3 is 9.30 Å². The molecular weight excluding hydrogens is 274 g/mol. The van der Waals surface area contributed by atoms with Crippen LogP contribution in [0.15, 0.2) is 48.5 Å². The van der Waals surface area contributed by atoms with E-state index >= 15 is 0 Å². The molecule has 3 rings (SSSR count). The Morgan fingerprint density at radius 2 is 1.77 bits per heavy atom. The lowest BCUT2D eigenvalue weighted by Crippen LogP contribution is -2.12. The first-order valence-electron chi connectivity index (χ1n) is 7.34. The summed E-state index contributed by atoms with van der Waals surface area (Å²) in [5.74, 6) is 0.728. The number of fused-ring (bicyclic) bond motifs is 1. The van der Waals surface area contributed by atoms with E-state index in [4.69, 9.17) is 4.74 Å². The molecule has 0 unspecified atom stereocenters. The largest absolute Gasteiger partial charge is 0.485 e. The van der Waals surface area contributed by atoms with Crippen LogP contribution in [0.4, 0.5) is 0 Å². The Balaban J connectivity index is 1.75. The quantitative estimate of drug-likeness (QED) is 0.679. The van der Waals surface area contributed by atoms with Gasteiger partial charge in [0.2, 0.25) is 5.78 Å². The van der Waals surface area contributed by atoms with E-state index in [1.165, 1.54) is 0 Å². The first-order valence-corrected chi connectivity index (χ1v) is 7.34. The van der Waals surface area contributed by atoms with Gasteiger partial charge in [-0.2, -0.15) is 0 Å². The summed E-state index contributed by atoms with van der Waals surface area (Å²) in [5, 5.41) is 2.27. The average molecular weight is 293 g/mol. The summed E-state index contributed by atoms with van der Waals surface area (Å²) in [4.78, 5) is 12.3. The van der Waals surface area contributed by atoms with Gasteiger partial charge in [0.15, 0.2) is 6.61 Å². The highest BCUT2D eigenvalue weighted by molar-refractivity contribution is 5.98. The number of aryl methyl sites for hydroxylation is 1. The maximum Gasteiger partial charge on any atom is 0.202 e. The highest BCUT2D eigenvalue weighted by Crippen LogP contribution is 2.21. The number of ether oxygens (including phenoxy) is 1. The predicted molar refractivity (Wildman–Crippen MR) is 88.7 cm³/mol. The van der Waals surface area contributed by atoms with Crippen LogP contribution in [0.3, 0.4) is 0 Å². The van der Waals surface area contributed by atoms with Gasteiger partial charge in [-0.05, 0) is 42.8 Å². The number of hydrogen-bond donors (Lipinski definition) is 0. The monoisotopic (exact) mass is 293 g/mol. The van der Waals surface area contributed by atoms with Gasteiger partial charge in [0.25, 0.3) is 0 Å². The van der Waals surface area contributed by atoms with Gasteiger partial charge in [-0.3, -0.25) is 4.79 Å². The summed E-state index contributed by atoms with van der Waals surface area (Å²) in [6.07, 6.45) is 0. The molecule has 1 aromatic heterocycles. The molecule has 0 radical (unpaired) electrons. The lowest BCUT2D eigenvalue weighted by atomic mass is 10.1. The van der Waals surface area contributed by atoms with Crippen LogP contribution in [0.5, 0.6) is 5.75 Å². The summed E-state index contributed by atoms with van der Waals surface area (Å²) in [6.45, 7) is 4.01. The van der Waals surface area contributed by atoms with Crippen molar-refractivity contribution in [1.29, 1.82) is 0 Å². The lowest BCUT2D eigenvalue weighted by molar-refractivity contribution is 0.0921. The molecule has 0 saturated carbocycles. The molecule has 0 fully saturated rings. The highest BCUT2D eigenvalue weighted by Gasteiger charge is 2.14. The average Bonchev–Trinajstić information content (AvgIpc) is 2.80. The SMILES string of the molecule is Cc1cc(C(=O)COc2ccc3ccccc3c2)c(C)n1C. The molecule has 3 heteroatoms. The van der Waals surface area contributed by atoms with Crippen molar-refractivity contribution in [1.82, 2.24) is 4.57 Å². The summed E-state index contributed by atoms with van der Waals surface area (Å²) in [5.41, 5.74) is 2.79. The van der Waals surface area contributed by atoms with Gasteiger partial charge in [0, 0.05) is 24.0 Å². The van der Waals surface area contributed by atoms with E-state index in [0.717, 1.165) is 33.5 Å². The highest BCUT2D eigenvalue weighted by atomic mass is 16.5. The zero-order valence-corrected chi connectivity index (χ0v) is 13.1. The Labute approximate surface area is 130 Å². The fraction of sp³-hybridized carbons (Fsp3) is 0.211. The van der Waals surface area contributed by atoms with Crippen molar-refractivity contribution in [3.8, 4) is 5.75 Å². The molecule has 3 nitrogen and oxygen atoms in total. The summed E-state index contributed by atoms with van der Waals surface area (Å²) < 4.78 is 7.69. The third-order valence-electron chi connectivity index (χ3n) is 4.17. The molecule has 0 atom stereocenters. The second-order valence-electron chi connectivity index (χ2n) is 5.56. The zero-order chi connectivity index (χ0) is 15.7. The van der Waals surface area contributed by atoms with Crippen molar-refractivity contribution < 1.29 is 9.53 Å². The van der Waals surface area contributed by atoms with Crippen molar-refractivity contribution in [3.63, 3.8) is 0 Å². The second kappa shape index (κ2) is 5.68. The molecule has 0 aliphatic carbocycles. The first kappa shape index (κ1) is 14.4. The molecule has 112 valence electrons. The van der Waals surface area contributed by atoms with E-state index in [0.29, 0.717) is 0 Å². The van der Waals surface area contributed by atoms with Crippen LogP contribution in [0, 0.1) is 13.8 Å². The molecule has 0 aliphatic heterocycles. The van der Waals surface area contributed by atoms with Crippen LogP contribution < -0.4 is 4.74 Å². The van der Waals surface area contributed by atoms with Crippen molar-refractivity contribution in [2.45, 2.75) is 13.8 Å². The summed E-state index contributed by atoms with van der Waals surface area (Å²) >= 11 is 0. The minimum atomic E-state index is 0.00867. The molecule has 0 aliphatic rings. The maximum absolute atomic E-state index is 12.3. The lowest BCUT2D eigenvalue weighted by Gasteiger charge is -2.07. The van der Waals surface area contributed by atoms with Crippen LogP contribution in [-0.4, -0.2) is 17.0 Å². The van der Waals surface area contributed by atoms with E-state index in [9.17, 15) is 4.79 Å². The Morgan fingerprint density at radius 3 is 2.45 bits per heavy atom. The van der Waals surface area contributed by atoms with Crippen LogP contribution in [0.25, 0.3) is 10.8 Å². The molecule has 0 N–H and O–H groups in total. The molecule has 3 aromatic rings. The number of hydrogen-bond acceptors (Lipinski definition) is 2. The number of benzene rings is 2. The zero-order valence-electron chi connectivity index (χ0n) is 13.1. The first-order chi connectivity index (χ1) is 10.6. The maximum atomic E-state index is 12.3. The number of nitrogens with zero attached hydrogens (tertiary/aromatic N) is 1. The van der Waals surface area contributed by atoms with Crippen molar-refractivity contribution >= 4 is 16.6 Å². The van der Waals surface area contributed by atoms with E-state index < -0.39 is 0 Å². The van der Waals surface area contributed by atoms with Crippen LogP contribution in [0.2, 0.25) is 0 Å². The van der Waals surface area contributed by atoms with Gasteiger partial charge in [-0.1, -0.05) is 30.3 Å². The van der Waals surface area contributed by atoms with E-state index in [-0.39, 0.29) is 12.4 Å². The molecule has 0 saturated heterocycles. The Hall–Kier alpha value is -2.55. The van der Waals surface area contributed by atoms with Gasteiger partial charge in [-0.15, -0.1) is 0 Å². The minimum Gasteiger partial charge on any atom is -0.485 e. The number of Topliss-reactive ketones (excluding diaryl/α,β-unsaturated/α-hetero) is 1. The number of rotatable bonds is 4. The molecule has 2 aromatic carbocycles. The normalized spacial score (nSPS) is 10.9.